The minimum Gasteiger partial charge on any atom is -0.483 e. The van der Waals surface area contributed by atoms with Gasteiger partial charge < -0.3 is 4.74 Å². The lowest BCUT2D eigenvalue weighted by Gasteiger charge is -2.11. The Hall–Kier alpha value is -2.10. The fourth-order valence-corrected chi connectivity index (χ4v) is 2.79. The largest absolute Gasteiger partial charge is 0.483 e. The van der Waals surface area contributed by atoms with Gasteiger partial charge in [-0.1, -0.05) is 26.0 Å². The van der Waals surface area contributed by atoms with Gasteiger partial charge in [-0.15, -0.1) is 0 Å². The third-order valence-corrected chi connectivity index (χ3v) is 4.56. The van der Waals surface area contributed by atoms with E-state index < -0.39 is 0 Å². The second-order valence-corrected chi connectivity index (χ2v) is 6.87. The second kappa shape index (κ2) is 7.65. The monoisotopic (exact) mass is 328 g/mol. The van der Waals surface area contributed by atoms with Crippen molar-refractivity contribution in [2.75, 3.05) is 6.61 Å². The predicted molar refractivity (Wildman–Crippen MR) is 96.9 cm³/mol. The summed E-state index contributed by atoms with van der Waals surface area (Å²) in [6.45, 7) is 12.4. The first kappa shape index (κ1) is 18.2. The van der Waals surface area contributed by atoms with Crippen LogP contribution in [0.2, 0.25) is 0 Å². The zero-order chi connectivity index (χ0) is 17.9. The van der Waals surface area contributed by atoms with Gasteiger partial charge in [-0.25, -0.2) is 4.68 Å². The van der Waals surface area contributed by atoms with Gasteiger partial charge in [0, 0.05) is 5.69 Å². The molecule has 0 radical (unpaired) electrons. The summed E-state index contributed by atoms with van der Waals surface area (Å²) < 4.78 is 7.22. The van der Waals surface area contributed by atoms with Gasteiger partial charge in [0.1, 0.15) is 5.75 Å². The van der Waals surface area contributed by atoms with Crippen LogP contribution in [-0.4, -0.2) is 22.3 Å². The maximum absolute atomic E-state index is 12.5. The summed E-state index contributed by atoms with van der Waals surface area (Å²) >= 11 is 0. The van der Waals surface area contributed by atoms with Crippen molar-refractivity contribution in [3.8, 4) is 5.75 Å². The minimum absolute atomic E-state index is 0.00409. The molecule has 0 unspecified atom stereocenters. The van der Waals surface area contributed by atoms with Crippen molar-refractivity contribution in [1.82, 2.24) is 9.78 Å². The molecule has 130 valence electrons. The van der Waals surface area contributed by atoms with Crippen LogP contribution in [0.1, 0.15) is 53.1 Å². The molecule has 0 amide bonds. The van der Waals surface area contributed by atoms with Crippen molar-refractivity contribution in [2.45, 2.75) is 54.4 Å². The van der Waals surface area contributed by atoms with Crippen LogP contribution < -0.4 is 4.74 Å². The lowest BCUT2D eigenvalue weighted by atomic mass is 10.0. The number of hydrogen-bond acceptors (Lipinski definition) is 3. The molecule has 0 saturated heterocycles. The number of aryl methyl sites for hydroxylation is 2. The summed E-state index contributed by atoms with van der Waals surface area (Å²) in [5.41, 5.74) is 5.28. The third kappa shape index (κ3) is 4.05. The highest BCUT2D eigenvalue weighted by Crippen LogP contribution is 2.21. The summed E-state index contributed by atoms with van der Waals surface area (Å²) in [6.07, 6.45) is 2.06. The van der Waals surface area contributed by atoms with Crippen LogP contribution in [-0.2, 0) is 6.42 Å². The first-order valence-electron chi connectivity index (χ1n) is 8.58. The number of benzene rings is 1. The molecule has 4 heteroatoms. The SMILES string of the molecule is Cc1cccc(OCC(=O)n2nc(C)c(CCC(C)C)c2C)c1C. The number of carbonyl (C=O) groups excluding carboxylic acids is 1. The number of rotatable bonds is 6. The van der Waals surface area contributed by atoms with E-state index in [9.17, 15) is 4.79 Å². The van der Waals surface area contributed by atoms with Crippen molar-refractivity contribution in [1.29, 1.82) is 0 Å². The number of nitrogens with zero attached hydrogens (tertiary/aromatic N) is 2. The van der Waals surface area contributed by atoms with E-state index in [1.165, 1.54) is 10.2 Å². The van der Waals surface area contributed by atoms with Crippen molar-refractivity contribution < 1.29 is 9.53 Å². The van der Waals surface area contributed by atoms with E-state index in [4.69, 9.17) is 4.74 Å². The van der Waals surface area contributed by atoms with E-state index in [2.05, 4.69) is 18.9 Å². The highest BCUT2D eigenvalue weighted by Gasteiger charge is 2.17. The van der Waals surface area contributed by atoms with E-state index in [1.807, 2.05) is 45.9 Å². The molecule has 2 rings (SSSR count). The number of hydrogen-bond donors (Lipinski definition) is 0. The van der Waals surface area contributed by atoms with Gasteiger partial charge in [0.25, 0.3) is 5.91 Å². The molecule has 0 saturated carbocycles. The van der Waals surface area contributed by atoms with E-state index >= 15 is 0 Å². The third-order valence-electron chi connectivity index (χ3n) is 4.56. The molecular weight excluding hydrogens is 300 g/mol. The average molecular weight is 328 g/mol. The Morgan fingerprint density at radius 1 is 1.21 bits per heavy atom. The van der Waals surface area contributed by atoms with Gasteiger partial charge in [0.15, 0.2) is 6.61 Å². The zero-order valence-corrected chi connectivity index (χ0v) is 15.6. The second-order valence-electron chi connectivity index (χ2n) is 6.87. The van der Waals surface area contributed by atoms with Gasteiger partial charge in [-0.3, -0.25) is 4.79 Å². The van der Waals surface area contributed by atoms with E-state index in [0.717, 1.165) is 41.1 Å². The first-order chi connectivity index (χ1) is 11.3. The fourth-order valence-electron chi connectivity index (χ4n) is 2.79. The van der Waals surface area contributed by atoms with Gasteiger partial charge in [0.05, 0.1) is 5.69 Å². The Bertz CT molecular complexity index is 729. The molecule has 1 aromatic heterocycles. The molecule has 4 nitrogen and oxygen atoms in total. The van der Waals surface area contributed by atoms with Gasteiger partial charge in [-0.2, -0.15) is 5.10 Å². The number of aromatic nitrogens is 2. The van der Waals surface area contributed by atoms with Crippen LogP contribution in [0.5, 0.6) is 5.75 Å². The summed E-state index contributed by atoms with van der Waals surface area (Å²) in [4.78, 5) is 12.5. The van der Waals surface area contributed by atoms with Gasteiger partial charge in [-0.05, 0) is 69.2 Å². The molecule has 1 aromatic carbocycles. The van der Waals surface area contributed by atoms with Crippen LogP contribution in [0.3, 0.4) is 0 Å². The Morgan fingerprint density at radius 3 is 2.58 bits per heavy atom. The standard InChI is InChI=1S/C20H28N2O2/c1-13(2)10-11-18-16(5)21-22(17(18)6)20(23)12-24-19-9-7-8-14(3)15(19)4/h7-9,13H,10-12H2,1-6H3. The number of ether oxygens (including phenoxy) is 1. The highest BCUT2D eigenvalue weighted by atomic mass is 16.5. The van der Waals surface area contributed by atoms with Crippen LogP contribution in [0.4, 0.5) is 0 Å². The Labute approximate surface area is 144 Å². The van der Waals surface area contributed by atoms with Crippen molar-refractivity contribution in [3.05, 3.63) is 46.3 Å². The molecule has 0 bridgehead atoms. The average Bonchev–Trinajstić information content (AvgIpc) is 2.81. The molecule has 0 atom stereocenters. The Morgan fingerprint density at radius 2 is 1.92 bits per heavy atom. The molecule has 0 aliphatic rings. The fraction of sp³-hybridized carbons (Fsp3) is 0.500. The highest BCUT2D eigenvalue weighted by molar-refractivity contribution is 5.80. The summed E-state index contributed by atoms with van der Waals surface area (Å²) in [7, 11) is 0. The van der Waals surface area contributed by atoms with Gasteiger partial charge in [0.2, 0.25) is 0 Å². The van der Waals surface area contributed by atoms with E-state index in [1.54, 1.807) is 0 Å². The van der Waals surface area contributed by atoms with E-state index in [0.29, 0.717) is 5.92 Å². The van der Waals surface area contributed by atoms with Crippen LogP contribution in [0.15, 0.2) is 18.2 Å². The Balaban J connectivity index is 2.10. The molecule has 2 aromatic rings. The lowest BCUT2D eigenvalue weighted by molar-refractivity contribution is 0.0817. The molecule has 0 N–H and O–H groups in total. The zero-order valence-electron chi connectivity index (χ0n) is 15.6. The smallest absolute Gasteiger partial charge is 0.284 e. The molecule has 1 heterocycles. The molecule has 24 heavy (non-hydrogen) atoms. The lowest BCUT2D eigenvalue weighted by Crippen LogP contribution is -2.22. The minimum atomic E-state index is -0.132. The molecule has 0 aliphatic carbocycles. The topological polar surface area (TPSA) is 44.1 Å². The number of carbonyl (C=O) groups is 1. The van der Waals surface area contributed by atoms with Crippen LogP contribution in [0, 0.1) is 33.6 Å². The maximum atomic E-state index is 12.5. The van der Waals surface area contributed by atoms with Crippen molar-refractivity contribution in [3.63, 3.8) is 0 Å². The summed E-state index contributed by atoms with van der Waals surface area (Å²) in [6, 6.07) is 5.87. The molecule has 0 spiro atoms. The predicted octanol–water partition coefficient (Wildman–Crippen LogP) is 4.42. The molecular formula is C20H28N2O2. The van der Waals surface area contributed by atoms with Crippen LogP contribution in [0.25, 0.3) is 0 Å². The van der Waals surface area contributed by atoms with Crippen LogP contribution >= 0.6 is 0 Å². The molecule has 0 fully saturated rings. The quantitative estimate of drug-likeness (QED) is 0.788. The first-order valence-corrected chi connectivity index (χ1v) is 8.58. The summed E-state index contributed by atoms with van der Waals surface area (Å²) in [5, 5.41) is 4.43. The summed E-state index contributed by atoms with van der Waals surface area (Å²) in [5.74, 6) is 1.26. The molecule has 0 aliphatic heterocycles. The van der Waals surface area contributed by atoms with Crippen molar-refractivity contribution >= 4 is 5.91 Å². The van der Waals surface area contributed by atoms with E-state index in [-0.39, 0.29) is 12.5 Å². The van der Waals surface area contributed by atoms with Crippen molar-refractivity contribution in [2.24, 2.45) is 5.92 Å². The Kier molecular flexibility index (Phi) is 5.81. The normalized spacial score (nSPS) is 11.1. The maximum Gasteiger partial charge on any atom is 0.284 e. The van der Waals surface area contributed by atoms with Gasteiger partial charge >= 0.3 is 0 Å².